The molecule has 1 amide bonds. The lowest BCUT2D eigenvalue weighted by Gasteiger charge is -2.14. The summed E-state index contributed by atoms with van der Waals surface area (Å²) in [6.45, 7) is -2.61. The number of hydrogen-bond acceptors (Lipinski definition) is 5. The zero-order valence-electron chi connectivity index (χ0n) is 10.4. The van der Waals surface area contributed by atoms with E-state index in [2.05, 4.69) is 4.74 Å². The van der Waals surface area contributed by atoms with Gasteiger partial charge >= 0.3 is 12.1 Å². The number of ether oxygens (including phenoxy) is 1. The Labute approximate surface area is 113 Å². The van der Waals surface area contributed by atoms with Crippen molar-refractivity contribution in [2.75, 3.05) is 25.2 Å². The molecule has 0 heterocycles. The van der Waals surface area contributed by atoms with Crippen molar-refractivity contribution in [1.82, 2.24) is 5.32 Å². The van der Waals surface area contributed by atoms with Crippen molar-refractivity contribution in [2.24, 2.45) is 0 Å². The van der Waals surface area contributed by atoms with Gasteiger partial charge < -0.3 is 15.2 Å². The van der Waals surface area contributed by atoms with Gasteiger partial charge in [0.25, 0.3) is 0 Å². The fraction of sp³-hybridized carbons (Fsp3) is 0.778. The van der Waals surface area contributed by atoms with E-state index in [1.165, 1.54) is 0 Å². The Morgan fingerprint density at radius 1 is 1.35 bits per heavy atom. The number of sulfone groups is 1. The van der Waals surface area contributed by atoms with Crippen molar-refractivity contribution in [2.45, 2.75) is 18.6 Å². The molecule has 118 valence electrons. The van der Waals surface area contributed by atoms with Gasteiger partial charge in [0.15, 0.2) is 0 Å². The molecule has 0 saturated heterocycles. The van der Waals surface area contributed by atoms with Crippen LogP contribution < -0.4 is 5.32 Å². The molecule has 2 N–H and O–H groups in total. The minimum absolute atomic E-state index is 0.390. The number of hydrogen-bond donors (Lipinski definition) is 2. The summed E-state index contributed by atoms with van der Waals surface area (Å²) in [7, 11) is -3.42. The predicted molar refractivity (Wildman–Crippen MR) is 60.8 cm³/mol. The van der Waals surface area contributed by atoms with Crippen LogP contribution in [0, 0.1) is 0 Å². The molecule has 0 fully saturated rings. The molecule has 0 saturated carbocycles. The van der Waals surface area contributed by atoms with Crippen LogP contribution in [0.25, 0.3) is 0 Å². The summed E-state index contributed by atoms with van der Waals surface area (Å²) >= 11 is 0. The van der Waals surface area contributed by atoms with Crippen molar-refractivity contribution >= 4 is 21.7 Å². The molecule has 1 atom stereocenters. The van der Waals surface area contributed by atoms with Gasteiger partial charge in [-0.15, -0.1) is 0 Å². The Kier molecular flexibility index (Phi) is 6.92. The van der Waals surface area contributed by atoms with Gasteiger partial charge in [-0.05, 0) is 6.42 Å². The van der Waals surface area contributed by atoms with E-state index in [1.54, 1.807) is 0 Å². The molecule has 0 aromatic rings. The van der Waals surface area contributed by atoms with Crippen molar-refractivity contribution < 1.29 is 41.0 Å². The fourth-order valence-electron chi connectivity index (χ4n) is 1.08. The summed E-state index contributed by atoms with van der Waals surface area (Å²) < 4.78 is 61.0. The molecule has 0 rings (SSSR count). The Morgan fingerprint density at radius 2 is 1.90 bits per heavy atom. The van der Waals surface area contributed by atoms with E-state index in [1.807, 2.05) is 5.32 Å². The second kappa shape index (κ2) is 7.43. The number of aliphatic carboxylic acids is 1. The number of nitrogens with one attached hydrogen (secondary N) is 1. The second-order valence-corrected chi connectivity index (χ2v) is 6.24. The highest BCUT2D eigenvalue weighted by Gasteiger charge is 2.28. The number of amides is 1. The van der Waals surface area contributed by atoms with Gasteiger partial charge in [-0.2, -0.15) is 13.2 Å². The van der Waals surface area contributed by atoms with Gasteiger partial charge in [-0.3, -0.25) is 4.79 Å². The Morgan fingerprint density at radius 3 is 2.30 bits per heavy atom. The Balaban J connectivity index is 4.25. The largest absolute Gasteiger partial charge is 0.480 e. The minimum Gasteiger partial charge on any atom is -0.480 e. The smallest absolute Gasteiger partial charge is 0.411 e. The summed E-state index contributed by atoms with van der Waals surface area (Å²) in [5.41, 5.74) is 0. The zero-order chi connectivity index (χ0) is 16.0. The van der Waals surface area contributed by atoms with Crippen LogP contribution in [0.2, 0.25) is 0 Å². The van der Waals surface area contributed by atoms with Crippen LogP contribution in [0.5, 0.6) is 0 Å². The quantitative estimate of drug-likeness (QED) is 0.628. The molecule has 7 nitrogen and oxygen atoms in total. The first-order valence-electron chi connectivity index (χ1n) is 5.25. The summed E-state index contributed by atoms with van der Waals surface area (Å²) in [6.07, 6.45) is -4.10. The standard InChI is InChI=1S/C9H14F3NO6S/c1-20(17,18)3-2-6(8(15)16)13-7(14)4-19-5-9(10,11)12/h6H,2-5H2,1H3,(H,13,14)(H,15,16). The van der Waals surface area contributed by atoms with Crippen LogP contribution in [0.15, 0.2) is 0 Å². The topological polar surface area (TPSA) is 110 Å². The number of carboxylic acids is 1. The van der Waals surface area contributed by atoms with Crippen LogP contribution in [-0.4, -0.2) is 62.8 Å². The monoisotopic (exact) mass is 321 g/mol. The van der Waals surface area contributed by atoms with Crippen molar-refractivity contribution in [3.63, 3.8) is 0 Å². The first-order chi connectivity index (χ1) is 8.91. The predicted octanol–water partition coefficient (Wildman–Crippen LogP) is -0.431. The van der Waals surface area contributed by atoms with Crippen molar-refractivity contribution in [3.05, 3.63) is 0 Å². The average molecular weight is 321 g/mol. The van der Waals surface area contributed by atoms with E-state index in [9.17, 15) is 31.2 Å². The van der Waals surface area contributed by atoms with Crippen LogP contribution in [0.4, 0.5) is 13.2 Å². The third kappa shape index (κ3) is 10.6. The maximum atomic E-state index is 11.7. The highest BCUT2D eigenvalue weighted by molar-refractivity contribution is 7.90. The van der Waals surface area contributed by atoms with Gasteiger partial charge in [0.2, 0.25) is 5.91 Å². The fourth-order valence-corrected chi connectivity index (χ4v) is 1.75. The van der Waals surface area contributed by atoms with Gasteiger partial charge in [0, 0.05) is 6.26 Å². The van der Waals surface area contributed by atoms with E-state index in [0.717, 1.165) is 6.26 Å². The number of carbonyl (C=O) groups excluding carboxylic acids is 1. The molecule has 0 aromatic heterocycles. The Hall–Kier alpha value is -1.36. The third-order valence-electron chi connectivity index (χ3n) is 1.91. The summed E-state index contributed by atoms with van der Waals surface area (Å²) in [4.78, 5) is 21.9. The van der Waals surface area contributed by atoms with Crippen LogP contribution >= 0.6 is 0 Å². The minimum atomic E-state index is -4.59. The molecule has 11 heteroatoms. The highest BCUT2D eigenvalue weighted by atomic mass is 32.2. The maximum Gasteiger partial charge on any atom is 0.411 e. The van der Waals surface area contributed by atoms with E-state index in [-0.39, 0.29) is 6.42 Å². The number of carbonyl (C=O) groups is 2. The first-order valence-corrected chi connectivity index (χ1v) is 7.31. The van der Waals surface area contributed by atoms with Gasteiger partial charge in [0.05, 0.1) is 5.75 Å². The molecule has 0 aliphatic rings. The number of alkyl halides is 3. The molecule has 0 radical (unpaired) electrons. The van der Waals surface area contributed by atoms with E-state index in [0.29, 0.717) is 0 Å². The highest BCUT2D eigenvalue weighted by Crippen LogP contribution is 2.14. The normalized spacial score (nSPS) is 13.8. The number of halogens is 3. The van der Waals surface area contributed by atoms with Crippen LogP contribution in [0.1, 0.15) is 6.42 Å². The average Bonchev–Trinajstić information content (AvgIpc) is 2.20. The Bertz CT molecular complexity index is 447. The molecule has 0 bridgehead atoms. The molecule has 1 unspecified atom stereocenters. The van der Waals surface area contributed by atoms with Crippen molar-refractivity contribution in [1.29, 1.82) is 0 Å². The van der Waals surface area contributed by atoms with E-state index in [4.69, 9.17) is 5.11 Å². The SMILES string of the molecule is CS(=O)(=O)CCC(NC(=O)COCC(F)(F)F)C(=O)O. The molecular formula is C9H14F3NO6S. The number of carboxylic acid groups (broad SMARTS) is 1. The lowest BCUT2D eigenvalue weighted by atomic mass is 10.2. The van der Waals surface area contributed by atoms with Gasteiger partial charge in [-0.1, -0.05) is 0 Å². The lowest BCUT2D eigenvalue weighted by Crippen LogP contribution is -2.43. The van der Waals surface area contributed by atoms with Gasteiger partial charge in [-0.25, -0.2) is 13.2 Å². The summed E-state index contributed by atoms with van der Waals surface area (Å²) in [5, 5.41) is 10.6. The molecule has 0 spiro atoms. The summed E-state index contributed by atoms with van der Waals surface area (Å²) in [5.74, 6) is -3.04. The number of rotatable bonds is 8. The molecule has 0 aliphatic carbocycles. The molecular weight excluding hydrogens is 307 g/mol. The van der Waals surface area contributed by atoms with Crippen molar-refractivity contribution in [3.8, 4) is 0 Å². The van der Waals surface area contributed by atoms with E-state index >= 15 is 0 Å². The van der Waals surface area contributed by atoms with E-state index < -0.39 is 52.9 Å². The molecule has 0 aromatic carbocycles. The lowest BCUT2D eigenvalue weighted by molar-refractivity contribution is -0.176. The maximum absolute atomic E-state index is 11.7. The molecule has 20 heavy (non-hydrogen) atoms. The summed E-state index contributed by atoms with van der Waals surface area (Å²) in [6, 6.07) is -1.51. The van der Waals surface area contributed by atoms with Crippen LogP contribution in [-0.2, 0) is 24.2 Å². The zero-order valence-corrected chi connectivity index (χ0v) is 11.3. The molecule has 0 aliphatic heterocycles. The third-order valence-corrected chi connectivity index (χ3v) is 2.89. The second-order valence-electron chi connectivity index (χ2n) is 3.98. The first kappa shape index (κ1) is 18.6. The van der Waals surface area contributed by atoms with Crippen LogP contribution in [0.3, 0.4) is 0 Å². The van der Waals surface area contributed by atoms with Gasteiger partial charge in [0.1, 0.15) is 29.1 Å².